The minimum Gasteiger partial charge on any atom is -0.394 e. The summed E-state index contributed by atoms with van der Waals surface area (Å²) in [6.07, 6.45) is 70.8. The maximum atomic E-state index is 13.4. The standard InChI is InChI=1S/C79H141NO13/c1-3-5-7-9-11-13-15-17-19-21-23-25-27-29-31-32-33-34-35-37-38-40-42-44-46-48-50-52-54-56-58-60-62-68(83)67(66-90-78-76(89)74(87)77(70(65-82)92-78)93-79-75(88)73(86)72(85)69(64-81)91-79)80-71(84)63-61-59-57-55-53-51-49-47-45-43-41-39-36-30-28-26-24-22-20-18-16-14-12-10-8-6-4-2/h6,8,12,14,18,20,24,26,30,36,52,54,60,62,67-70,72-79,81-83,85-89H,3-5,7,9-11,13,15-17,19,21-23,25,27-29,31-35,37-51,53,55-59,61,63-66H2,1-2H3,(H,80,84)/b8-6-,14-12-,20-18-,26-24-,36-30-,54-52+,62-60+. The van der Waals surface area contributed by atoms with E-state index in [-0.39, 0.29) is 18.9 Å². The second kappa shape index (κ2) is 62.7. The van der Waals surface area contributed by atoms with Crippen LogP contribution in [0.15, 0.2) is 85.1 Å². The predicted octanol–water partition coefficient (Wildman–Crippen LogP) is 16.7. The Kier molecular flexibility index (Phi) is 58.1. The van der Waals surface area contributed by atoms with Crippen LogP contribution in [0.25, 0.3) is 0 Å². The largest absolute Gasteiger partial charge is 0.394 e. The average molecular weight is 1310 g/mol. The molecule has 12 atom stereocenters. The van der Waals surface area contributed by atoms with Gasteiger partial charge in [-0.25, -0.2) is 0 Å². The third kappa shape index (κ3) is 46.1. The highest BCUT2D eigenvalue weighted by molar-refractivity contribution is 5.76. The second-order valence-corrected chi connectivity index (χ2v) is 26.7. The number of ether oxygens (including phenoxy) is 4. The van der Waals surface area contributed by atoms with Gasteiger partial charge in [0.1, 0.15) is 48.8 Å². The molecule has 0 aliphatic carbocycles. The fraction of sp³-hybridized carbons (Fsp3) is 0.810. The van der Waals surface area contributed by atoms with Gasteiger partial charge in [-0.05, 0) is 77.0 Å². The molecule has 14 heteroatoms. The van der Waals surface area contributed by atoms with Crippen molar-refractivity contribution in [3.8, 4) is 0 Å². The van der Waals surface area contributed by atoms with Crippen LogP contribution in [0, 0.1) is 0 Å². The van der Waals surface area contributed by atoms with Crippen molar-refractivity contribution in [1.82, 2.24) is 5.32 Å². The summed E-state index contributed by atoms with van der Waals surface area (Å²) in [6.45, 7) is 2.70. The predicted molar refractivity (Wildman–Crippen MR) is 383 cm³/mol. The maximum absolute atomic E-state index is 13.4. The molecule has 0 bridgehead atoms. The van der Waals surface area contributed by atoms with Gasteiger partial charge >= 0.3 is 0 Å². The zero-order valence-electron chi connectivity index (χ0n) is 59.0. The number of rotatable bonds is 63. The van der Waals surface area contributed by atoms with Crippen LogP contribution in [-0.4, -0.2) is 140 Å². The lowest BCUT2D eigenvalue weighted by atomic mass is 9.97. The van der Waals surface area contributed by atoms with Gasteiger partial charge in [0.25, 0.3) is 0 Å². The van der Waals surface area contributed by atoms with E-state index in [0.29, 0.717) is 12.8 Å². The zero-order chi connectivity index (χ0) is 67.3. The highest BCUT2D eigenvalue weighted by Gasteiger charge is 2.51. The number of unbranched alkanes of at least 4 members (excludes halogenated alkanes) is 38. The van der Waals surface area contributed by atoms with Crippen LogP contribution in [0.1, 0.15) is 316 Å². The summed E-state index contributed by atoms with van der Waals surface area (Å²) in [7, 11) is 0. The fourth-order valence-corrected chi connectivity index (χ4v) is 12.3. The summed E-state index contributed by atoms with van der Waals surface area (Å²) in [5.74, 6) is -0.252. The molecule has 2 fully saturated rings. The highest BCUT2D eigenvalue weighted by Crippen LogP contribution is 2.30. The Morgan fingerprint density at radius 3 is 1.18 bits per heavy atom. The van der Waals surface area contributed by atoms with Crippen LogP contribution < -0.4 is 5.32 Å². The van der Waals surface area contributed by atoms with Gasteiger partial charge in [0.05, 0.1) is 32.0 Å². The molecule has 0 saturated carbocycles. The Hall–Kier alpha value is -2.83. The van der Waals surface area contributed by atoms with Crippen LogP contribution >= 0.6 is 0 Å². The number of carbonyl (C=O) groups is 1. The zero-order valence-corrected chi connectivity index (χ0v) is 59.0. The number of hydrogen-bond donors (Lipinski definition) is 9. The number of aliphatic hydroxyl groups is 8. The second-order valence-electron chi connectivity index (χ2n) is 26.7. The molecule has 14 nitrogen and oxygen atoms in total. The van der Waals surface area contributed by atoms with Crippen molar-refractivity contribution >= 4 is 5.91 Å². The quantitative estimate of drug-likeness (QED) is 0.0204. The Morgan fingerprint density at radius 1 is 0.398 bits per heavy atom. The SMILES string of the molecule is CC/C=C\C/C=C\C/C=C\C/C=C\C/C=C\CCCCCCCCCCCCCC(=O)NC(COC1OC(CO)C(OC2OC(CO)C(O)C(O)C2O)C(O)C1O)C(O)/C=C/CC/C=C/CCCCCCCCCCCCCCCCCCCCCCCCCCCC. The van der Waals surface area contributed by atoms with Gasteiger partial charge in [-0.15, -0.1) is 0 Å². The summed E-state index contributed by atoms with van der Waals surface area (Å²) in [5, 5.41) is 87.6. The summed E-state index contributed by atoms with van der Waals surface area (Å²) in [4.78, 5) is 13.4. The molecule has 0 radical (unpaired) electrons. The molecular formula is C79H141NO13. The molecule has 93 heavy (non-hydrogen) atoms. The minimum atomic E-state index is -1.80. The van der Waals surface area contributed by atoms with Crippen LogP contribution in [0.4, 0.5) is 0 Å². The van der Waals surface area contributed by atoms with Gasteiger partial charge in [-0.1, -0.05) is 317 Å². The van der Waals surface area contributed by atoms with E-state index >= 15 is 0 Å². The summed E-state index contributed by atoms with van der Waals surface area (Å²) in [6, 6.07) is -0.940. The first-order valence-electron chi connectivity index (χ1n) is 38.3. The van der Waals surface area contributed by atoms with Gasteiger partial charge in [0.15, 0.2) is 12.6 Å². The van der Waals surface area contributed by atoms with Gasteiger partial charge in [-0.2, -0.15) is 0 Å². The van der Waals surface area contributed by atoms with Crippen molar-refractivity contribution in [2.75, 3.05) is 19.8 Å². The summed E-state index contributed by atoms with van der Waals surface area (Å²) < 4.78 is 22.9. The van der Waals surface area contributed by atoms with Crippen molar-refractivity contribution in [1.29, 1.82) is 0 Å². The fourth-order valence-electron chi connectivity index (χ4n) is 12.3. The maximum Gasteiger partial charge on any atom is 0.220 e. The Morgan fingerprint density at radius 2 is 0.753 bits per heavy atom. The van der Waals surface area contributed by atoms with E-state index in [1.807, 2.05) is 6.08 Å². The third-order valence-corrected chi connectivity index (χ3v) is 18.3. The lowest BCUT2D eigenvalue weighted by Gasteiger charge is -2.46. The third-order valence-electron chi connectivity index (χ3n) is 18.3. The van der Waals surface area contributed by atoms with E-state index in [1.165, 1.54) is 212 Å². The Labute approximate surface area is 567 Å². The first kappa shape index (κ1) is 86.3. The Bertz CT molecular complexity index is 1890. The van der Waals surface area contributed by atoms with Crippen LogP contribution in [0.5, 0.6) is 0 Å². The highest BCUT2D eigenvalue weighted by atomic mass is 16.7. The number of aliphatic hydroxyl groups excluding tert-OH is 8. The average Bonchev–Trinajstić information content (AvgIpc) is 0.854. The lowest BCUT2D eigenvalue weighted by molar-refractivity contribution is -0.359. The first-order valence-corrected chi connectivity index (χ1v) is 38.3. The van der Waals surface area contributed by atoms with Crippen LogP contribution in [0.2, 0.25) is 0 Å². The van der Waals surface area contributed by atoms with E-state index in [2.05, 4.69) is 92.1 Å². The smallest absolute Gasteiger partial charge is 0.220 e. The lowest BCUT2D eigenvalue weighted by Crippen LogP contribution is -2.65. The molecule has 2 aliphatic rings. The molecule has 0 aromatic carbocycles. The van der Waals surface area contributed by atoms with Crippen LogP contribution in [-0.2, 0) is 23.7 Å². The van der Waals surface area contributed by atoms with Gasteiger partial charge in [-0.3, -0.25) is 4.79 Å². The molecule has 2 rings (SSSR count). The molecule has 0 spiro atoms. The molecule has 2 saturated heterocycles. The van der Waals surface area contributed by atoms with Crippen molar-refractivity contribution in [2.24, 2.45) is 0 Å². The van der Waals surface area contributed by atoms with E-state index in [1.54, 1.807) is 6.08 Å². The van der Waals surface area contributed by atoms with E-state index in [4.69, 9.17) is 18.9 Å². The van der Waals surface area contributed by atoms with Crippen molar-refractivity contribution in [3.63, 3.8) is 0 Å². The number of amides is 1. The number of allylic oxidation sites excluding steroid dienone is 13. The molecule has 0 aromatic rings. The number of carbonyl (C=O) groups excluding carboxylic acids is 1. The molecule has 0 aromatic heterocycles. The number of nitrogens with one attached hydrogen (secondary N) is 1. The van der Waals surface area contributed by atoms with E-state index in [0.717, 1.165) is 70.6 Å². The molecule has 2 heterocycles. The minimum absolute atomic E-state index is 0.252. The van der Waals surface area contributed by atoms with Crippen LogP contribution in [0.3, 0.4) is 0 Å². The monoisotopic (exact) mass is 1310 g/mol. The molecule has 540 valence electrons. The normalized spacial score (nSPS) is 23.0. The van der Waals surface area contributed by atoms with Crippen molar-refractivity contribution < 1.29 is 64.6 Å². The summed E-state index contributed by atoms with van der Waals surface area (Å²) in [5.41, 5.74) is 0. The van der Waals surface area contributed by atoms with E-state index in [9.17, 15) is 45.6 Å². The summed E-state index contributed by atoms with van der Waals surface area (Å²) >= 11 is 0. The molecular weight excluding hydrogens is 1170 g/mol. The van der Waals surface area contributed by atoms with Gasteiger partial charge in [0.2, 0.25) is 5.91 Å². The topological polar surface area (TPSA) is 228 Å². The van der Waals surface area contributed by atoms with Gasteiger partial charge < -0.3 is 65.1 Å². The van der Waals surface area contributed by atoms with Crippen molar-refractivity contribution in [3.05, 3.63) is 85.1 Å². The molecule has 1 amide bonds. The molecule has 2 aliphatic heterocycles. The number of hydrogen-bond acceptors (Lipinski definition) is 13. The van der Waals surface area contributed by atoms with Crippen molar-refractivity contribution in [2.45, 2.75) is 389 Å². The first-order chi connectivity index (χ1) is 45.6. The van der Waals surface area contributed by atoms with E-state index < -0.39 is 86.8 Å². The molecule has 12 unspecified atom stereocenters. The Balaban J connectivity index is 1.66. The van der Waals surface area contributed by atoms with Gasteiger partial charge in [0, 0.05) is 6.42 Å². The molecule has 9 N–H and O–H groups in total.